The molecule has 1 saturated heterocycles. The van der Waals surface area contributed by atoms with Crippen molar-refractivity contribution in [2.45, 2.75) is 50.2 Å². The van der Waals surface area contributed by atoms with Crippen molar-refractivity contribution in [2.24, 2.45) is 5.92 Å². The Morgan fingerprint density at radius 1 is 0.889 bits per heavy atom. The predicted octanol–water partition coefficient (Wildman–Crippen LogP) is 7.48. The molecule has 1 N–H and O–H groups in total. The zero-order valence-electron chi connectivity index (χ0n) is 25.4. The summed E-state index contributed by atoms with van der Waals surface area (Å²) < 4.78 is 28.6. The molecule has 4 aromatic rings. The van der Waals surface area contributed by atoms with E-state index in [-0.39, 0.29) is 31.4 Å². The van der Waals surface area contributed by atoms with Gasteiger partial charge in [0, 0.05) is 29.3 Å². The molecular formula is C36H35FN2O5Si. The molecule has 7 rings (SSSR count). The Morgan fingerprint density at radius 2 is 1.58 bits per heavy atom. The highest BCUT2D eigenvalue weighted by atomic mass is 28.4. The molecule has 0 radical (unpaired) electrons. The number of aliphatic hydroxyl groups excluding tert-OH is 1. The summed E-state index contributed by atoms with van der Waals surface area (Å²) in [5, 5.41) is 9.80. The number of rotatable bonds is 6. The Balaban J connectivity index is 1.27. The van der Waals surface area contributed by atoms with E-state index in [1.54, 1.807) is 35.0 Å². The Kier molecular flexibility index (Phi) is 7.15. The van der Waals surface area contributed by atoms with Gasteiger partial charge >= 0.3 is 0 Å². The zero-order chi connectivity index (χ0) is 31.5. The van der Waals surface area contributed by atoms with E-state index in [1.165, 1.54) is 0 Å². The summed E-state index contributed by atoms with van der Waals surface area (Å²) in [7, 11) is -3.27. The number of benzene rings is 4. The van der Waals surface area contributed by atoms with Crippen molar-refractivity contribution in [1.82, 2.24) is 0 Å². The summed E-state index contributed by atoms with van der Waals surface area (Å²) in [6.45, 7) is 5.30. The number of nitrogens with zero attached hydrogens (tertiary/aromatic N) is 2. The average Bonchev–Trinajstić information content (AvgIpc) is 3.40. The largest absolute Gasteiger partial charge is 0.454 e. The number of carbonyl (C=O) groups excluding carboxylic acids is 2. The number of fused-ring (bicyclic) bond motifs is 4. The van der Waals surface area contributed by atoms with Gasteiger partial charge in [-0.1, -0.05) is 61.5 Å². The summed E-state index contributed by atoms with van der Waals surface area (Å²) in [6.07, 6.45) is -0.288. The van der Waals surface area contributed by atoms with E-state index < -0.39 is 31.6 Å². The minimum Gasteiger partial charge on any atom is -0.454 e. The second-order valence-electron chi connectivity index (χ2n) is 12.6. The molecule has 7 nitrogen and oxygen atoms in total. The van der Waals surface area contributed by atoms with Crippen molar-refractivity contribution >= 4 is 37.3 Å². The first-order chi connectivity index (χ1) is 21.6. The van der Waals surface area contributed by atoms with Crippen molar-refractivity contribution in [3.05, 3.63) is 114 Å². The van der Waals surface area contributed by atoms with Crippen molar-refractivity contribution in [3.63, 3.8) is 0 Å². The molecule has 2 amide bonds. The molecule has 4 atom stereocenters. The molecule has 1 spiro atoms. The van der Waals surface area contributed by atoms with E-state index in [2.05, 4.69) is 0 Å². The van der Waals surface area contributed by atoms with Crippen LogP contribution in [0.1, 0.15) is 34.8 Å². The van der Waals surface area contributed by atoms with E-state index in [4.69, 9.17) is 9.47 Å². The van der Waals surface area contributed by atoms with E-state index in [0.29, 0.717) is 28.4 Å². The third kappa shape index (κ3) is 4.60. The summed E-state index contributed by atoms with van der Waals surface area (Å²) in [5.74, 6) is 0.175. The fourth-order valence-electron chi connectivity index (χ4n) is 7.60. The van der Waals surface area contributed by atoms with Crippen LogP contribution in [0.2, 0.25) is 18.6 Å². The first-order valence-electron chi connectivity index (χ1n) is 15.3. The van der Waals surface area contributed by atoms with Crippen LogP contribution in [-0.4, -0.2) is 38.0 Å². The Hall–Kier alpha value is -4.31. The molecule has 3 aliphatic rings. The number of para-hydroxylation sites is 4. The standard InChI is InChI=1S/C36H35FN2O5Si/c1-23-33(45(2,3)37)32(19-20-40)44-36(23)27-14-5-6-15-28(27)38(35(36)42)22-24-11-10-12-25(21-24)39-29-16-7-9-18-31(29)43-30-17-8-4-13-26(30)34(39)41/h4-18,21,23,32-33,40H,19-20,22H2,1-3H3/t23-,32+,33-,36+/m0/s1. The fraction of sp³-hybridized carbons (Fsp3) is 0.278. The quantitative estimate of drug-likeness (QED) is 0.178. The van der Waals surface area contributed by atoms with Crippen LogP contribution in [0.25, 0.3) is 0 Å². The van der Waals surface area contributed by atoms with Gasteiger partial charge in [0.05, 0.1) is 29.6 Å². The first-order valence-corrected chi connectivity index (χ1v) is 18.3. The van der Waals surface area contributed by atoms with Crippen LogP contribution < -0.4 is 14.5 Å². The van der Waals surface area contributed by atoms with Gasteiger partial charge in [-0.3, -0.25) is 14.5 Å². The SMILES string of the molecule is C[C@H]1[C@H]([Si](C)(C)F)[C@@H](CCO)O[C@]12C(=O)N(Cc1cccc(N3C(=O)c4ccccc4Oc4ccccc43)c1)c1ccccc12. The normalized spacial score (nSPS) is 23.9. The molecule has 0 aliphatic carbocycles. The number of amides is 2. The molecule has 3 heterocycles. The predicted molar refractivity (Wildman–Crippen MR) is 173 cm³/mol. The van der Waals surface area contributed by atoms with Gasteiger partial charge in [-0.15, -0.1) is 0 Å². The maximum Gasteiger partial charge on any atom is 0.266 e. The number of ether oxygens (including phenoxy) is 2. The molecule has 0 unspecified atom stereocenters. The molecule has 0 saturated carbocycles. The smallest absolute Gasteiger partial charge is 0.266 e. The highest BCUT2D eigenvalue weighted by Crippen LogP contribution is 2.60. The van der Waals surface area contributed by atoms with E-state index in [1.807, 2.05) is 91.9 Å². The van der Waals surface area contributed by atoms with Crippen molar-refractivity contribution in [1.29, 1.82) is 0 Å². The van der Waals surface area contributed by atoms with Crippen molar-refractivity contribution in [3.8, 4) is 11.5 Å². The second-order valence-corrected chi connectivity index (χ2v) is 16.4. The maximum absolute atomic E-state index is 15.8. The van der Waals surface area contributed by atoms with Gasteiger partial charge in [0.2, 0.25) is 8.41 Å². The summed E-state index contributed by atoms with van der Waals surface area (Å²) >= 11 is 0. The molecule has 3 aliphatic heterocycles. The first kappa shape index (κ1) is 29.4. The molecular weight excluding hydrogens is 587 g/mol. The van der Waals surface area contributed by atoms with Crippen LogP contribution in [-0.2, 0) is 21.7 Å². The molecule has 45 heavy (non-hydrogen) atoms. The summed E-state index contributed by atoms with van der Waals surface area (Å²) in [4.78, 5) is 31.9. The number of aliphatic hydroxyl groups is 1. The van der Waals surface area contributed by atoms with Crippen LogP contribution in [0, 0.1) is 5.92 Å². The minimum atomic E-state index is -3.27. The van der Waals surface area contributed by atoms with Gasteiger partial charge in [0.25, 0.3) is 11.8 Å². The van der Waals surface area contributed by atoms with E-state index in [0.717, 1.165) is 16.8 Å². The lowest BCUT2D eigenvalue weighted by atomic mass is 9.82. The van der Waals surface area contributed by atoms with Crippen LogP contribution in [0.3, 0.4) is 0 Å². The monoisotopic (exact) mass is 622 g/mol. The fourth-order valence-corrected chi connectivity index (χ4v) is 10.1. The van der Waals surface area contributed by atoms with Crippen LogP contribution in [0.4, 0.5) is 21.2 Å². The van der Waals surface area contributed by atoms with Gasteiger partial charge in [0.1, 0.15) is 5.75 Å². The number of anilines is 3. The molecule has 0 aromatic heterocycles. The van der Waals surface area contributed by atoms with E-state index in [9.17, 15) is 14.7 Å². The summed E-state index contributed by atoms with van der Waals surface area (Å²) in [5.41, 5.74) is 2.17. The van der Waals surface area contributed by atoms with Crippen LogP contribution >= 0.6 is 0 Å². The Morgan fingerprint density at radius 3 is 2.33 bits per heavy atom. The molecule has 230 valence electrons. The molecule has 0 bridgehead atoms. The molecule has 4 aromatic carbocycles. The van der Waals surface area contributed by atoms with Crippen LogP contribution in [0.15, 0.2) is 97.1 Å². The average molecular weight is 623 g/mol. The Bertz CT molecular complexity index is 1810. The molecule has 9 heteroatoms. The van der Waals surface area contributed by atoms with Gasteiger partial charge in [-0.05, 0) is 67.5 Å². The van der Waals surface area contributed by atoms with Gasteiger partial charge in [-0.25, -0.2) is 0 Å². The van der Waals surface area contributed by atoms with E-state index >= 15 is 4.11 Å². The lowest BCUT2D eigenvalue weighted by Gasteiger charge is -2.31. The second kappa shape index (κ2) is 10.9. The number of hydrogen-bond donors (Lipinski definition) is 1. The number of halogens is 1. The summed E-state index contributed by atoms with van der Waals surface area (Å²) in [6, 6.07) is 29.7. The third-order valence-corrected chi connectivity index (χ3v) is 11.9. The lowest BCUT2D eigenvalue weighted by molar-refractivity contribution is -0.146. The highest BCUT2D eigenvalue weighted by Gasteiger charge is 2.66. The van der Waals surface area contributed by atoms with Gasteiger partial charge in [0.15, 0.2) is 11.4 Å². The number of hydrogen-bond acceptors (Lipinski definition) is 5. The van der Waals surface area contributed by atoms with Crippen molar-refractivity contribution < 1.29 is 28.3 Å². The minimum absolute atomic E-state index is 0.144. The highest BCUT2D eigenvalue weighted by molar-refractivity contribution is 6.72. The number of carbonyl (C=O) groups is 2. The molecule has 1 fully saturated rings. The van der Waals surface area contributed by atoms with Gasteiger partial charge in [-0.2, -0.15) is 0 Å². The van der Waals surface area contributed by atoms with Crippen LogP contribution in [0.5, 0.6) is 11.5 Å². The lowest BCUT2D eigenvalue weighted by Crippen LogP contribution is -2.45. The van der Waals surface area contributed by atoms with Gasteiger partial charge < -0.3 is 23.6 Å². The van der Waals surface area contributed by atoms with Crippen molar-refractivity contribution in [2.75, 3.05) is 16.4 Å². The Labute approximate surface area is 263 Å². The third-order valence-electron chi connectivity index (χ3n) is 9.44. The topological polar surface area (TPSA) is 79.3 Å². The maximum atomic E-state index is 15.8. The zero-order valence-corrected chi connectivity index (χ0v) is 26.4.